The van der Waals surface area contributed by atoms with Gasteiger partial charge >= 0.3 is 6.03 Å². The van der Waals surface area contributed by atoms with Crippen molar-refractivity contribution in [1.82, 2.24) is 16.1 Å². The van der Waals surface area contributed by atoms with E-state index < -0.39 is 0 Å². The minimum Gasteiger partial charge on any atom is -0.378 e. The summed E-state index contributed by atoms with van der Waals surface area (Å²) in [6, 6.07) is 7.86. The molecule has 0 spiro atoms. The van der Waals surface area contributed by atoms with Crippen molar-refractivity contribution < 1.29 is 14.8 Å². The zero-order valence-corrected chi connectivity index (χ0v) is 14.5. The maximum Gasteiger partial charge on any atom is 0.315 e. The lowest BCUT2D eigenvalue weighted by Gasteiger charge is -2.13. The molecule has 0 fully saturated rings. The number of urea groups is 1. The standard InChI is InChI=1S/C17H28N4O3/c1-21(2)15-10-8-14(9-11-15)13-19-17(23)18-12-6-4-3-5-7-16(22)20-24/h8-11,24H,3-7,12-13H2,1-2H3,(H,20,22)(H2,18,19,23). The molecule has 0 atom stereocenters. The molecule has 0 unspecified atom stereocenters. The molecule has 7 nitrogen and oxygen atoms in total. The first kappa shape index (κ1) is 19.8. The SMILES string of the molecule is CN(C)c1ccc(CNC(=O)NCCCCCCC(=O)NO)cc1. The van der Waals surface area contributed by atoms with Crippen molar-refractivity contribution in [3.63, 3.8) is 0 Å². The number of benzene rings is 1. The van der Waals surface area contributed by atoms with E-state index in [0.29, 0.717) is 19.5 Å². The molecule has 1 rings (SSSR count). The molecule has 3 amide bonds. The Bertz CT molecular complexity index is 503. The number of hydrogen-bond acceptors (Lipinski definition) is 4. The second kappa shape index (κ2) is 11.3. The van der Waals surface area contributed by atoms with E-state index in [4.69, 9.17) is 5.21 Å². The first-order valence-corrected chi connectivity index (χ1v) is 8.24. The lowest BCUT2D eigenvalue weighted by atomic mass is 10.1. The van der Waals surface area contributed by atoms with Gasteiger partial charge in [-0.1, -0.05) is 25.0 Å². The lowest BCUT2D eigenvalue weighted by molar-refractivity contribution is -0.129. The van der Waals surface area contributed by atoms with Crippen LogP contribution in [-0.2, 0) is 11.3 Å². The Morgan fingerprint density at radius 2 is 1.67 bits per heavy atom. The van der Waals surface area contributed by atoms with Gasteiger partial charge in [-0.05, 0) is 30.5 Å². The van der Waals surface area contributed by atoms with E-state index in [1.807, 2.05) is 43.3 Å². The van der Waals surface area contributed by atoms with Gasteiger partial charge in [-0.3, -0.25) is 10.0 Å². The van der Waals surface area contributed by atoms with Gasteiger partial charge in [0.2, 0.25) is 5.91 Å². The molecule has 0 aliphatic rings. The summed E-state index contributed by atoms with van der Waals surface area (Å²) >= 11 is 0. The Hall–Kier alpha value is -2.28. The molecule has 0 saturated heterocycles. The van der Waals surface area contributed by atoms with Gasteiger partial charge in [-0.2, -0.15) is 0 Å². The third-order valence-corrected chi connectivity index (χ3v) is 3.65. The Labute approximate surface area is 143 Å². The predicted molar refractivity (Wildman–Crippen MR) is 94.0 cm³/mol. The highest BCUT2D eigenvalue weighted by atomic mass is 16.5. The topological polar surface area (TPSA) is 93.7 Å². The fraction of sp³-hybridized carbons (Fsp3) is 0.529. The molecular weight excluding hydrogens is 308 g/mol. The molecule has 0 heterocycles. The summed E-state index contributed by atoms with van der Waals surface area (Å²) in [5.41, 5.74) is 3.79. The maximum absolute atomic E-state index is 11.7. The monoisotopic (exact) mass is 336 g/mol. The Balaban J connectivity index is 2.07. The smallest absolute Gasteiger partial charge is 0.315 e. The third kappa shape index (κ3) is 8.38. The minimum atomic E-state index is -0.355. The van der Waals surface area contributed by atoms with Gasteiger partial charge in [0.1, 0.15) is 0 Å². The van der Waals surface area contributed by atoms with E-state index in [0.717, 1.165) is 36.9 Å². The van der Waals surface area contributed by atoms with E-state index in [1.54, 1.807) is 5.48 Å². The maximum atomic E-state index is 11.7. The first-order valence-electron chi connectivity index (χ1n) is 8.24. The van der Waals surface area contributed by atoms with Crippen molar-refractivity contribution in [3.8, 4) is 0 Å². The summed E-state index contributed by atoms with van der Waals surface area (Å²) in [5.74, 6) is -0.355. The number of carbonyl (C=O) groups excluding carboxylic acids is 2. The van der Waals surface area contributed by atoms with E-state index in [1.165, 1.54) is 0 Å². The molecule has 24 heavy (non-hydrogen) atoms. The molecule has 1 aromatic carbocycles. The summed E-state index contributed by atoms with van der Waals surface area (Å²) in [6.45, 7) is 1.10. The Kier molecular flexibility index (Phi) is 9.29. The number of hydroxylamine groups is 1. The number of rotatable bonds is 10. The fourth-order valence-corrected chi connectivity index (χ4v) is 2.18. The third-order valence-electron chi connectivity index (χ3n) is 3.65. The molecule has 0 aromatic heterocycles. The predicted octanol–water partition coefficient (Wildman–Crippen LogP) is 2.01. The second-order valence-electron chi connectivity index (χ2n) is 5.87. The Morgan fingerprint density at radius 1 is 1.00 bits per heavy atom. The quantitative estimate of drug-likeness (QED) is 0.299. The number of carbonyl (C=O) groups is 2. The highest BCUT2D eigenvalue weighted by molar-refractivity contribution is 5.74. The molecule has 4 N–H and O–H groups in total. The molecule has 0 aliphatic carbocycles. The largest absolute Gasteiger partial charge is 0.378 e. The van der Waals surface area contributed by atoms with Crippen LogP contribution < -0.4 is 21.0 Å². The number of unbranched alkanes of at least 4 members (excludes halogenated alkanes) is 3. The summed E-state index contributed by atoms with van der Waals surface area (Å²) in [4.78, 5) is 24.5. The zero-order chi connectivity index (χ0) is 17.8. The number of nitrogens with zero attached hydrogens (tertiary/aromatic N) is 1. The van der Waals surface area contributed by atoms with Crippen LogP contribution >= 0.6 is 0 Å². The fourth-order valence-electron chi connectivity index (χ4n) is 2.18. The normalized spacial score (nSPS) is 10.1. The molecule has 0 bridgehead atoms. The van der Waals surface area contributed by atoms with Crippen LogP contribution in [0.25, 0.3) is 0 Å². The first-order chi connectivity index (χ1) is 11.5. The highest BCUT2D eigenvalue weighted by Gasteiger charge is 2.02. The Morgan fingerprint density at radius 3 is 2.29 bits per heavy atom. The van der Waals surface area contributed by atoms with Gasteiger partial charge in [0.25, 0.3) is 0 Å². The van der Waals surface area contributed by atoms with Crippen molar-refractivity contribution in [2.75, 3.05) is 25.5 Å². The van der Waals surface area contributed by atoms with Gasteiger partial charge in [0.05, 0.1) is 0 Å². The van der Waals surface area contributed by atoms with Gasteiger partial charge in [0, 0.05) is 39.3 Å². The molecule has 0 radical (unpaired) electrons. The van der Waals surface area contributed by atoms with Crippen molar-refractivity contribution in [3.05, 3.63) is 29.8 Å². The zero-order valence-electron chi connectivity index (χ0n) is 14.5. The van der Waals surface area contributed by atoms with E-state index in [9.17, 15) is 9.59 Å². The number of amides is 3. The molecule has 134 valence electrons. The van der Waals surface area contributed by atoms with Gasteiger partial charge in [-0.25, -0.2) is 10.3 Å². The minimum absolute atomic E-state index is 0.175. The van der Waals surface area contributed by atoms with Gasteiger partial charge < -0.3 is 15.5 Å². The summed E-state index contributed by atoms with van der Waals surface area (Å²) in [5, 5.41) is 14.0. The van der Waals surface area contributed by atoms with Crippen LogP contribution in [0.5, 0.6) is 0 Å². The van der Waals surface area contributed by atoms with Gasteiger partial charge in [0.15, 0.2) is 0 Å². The number of nitrogens with one attached hydrogen (secondary N) is 3. The molecule has 0 aliphatic heterocycles. The van der Waals surface area contributed by atoms with Crippen molar-refractivity contribution >= 4 is 17.6 Å². The van der Waals surface area contributed by atoms with E-state index in [2.05, 4.69) is 10.6 Å². The number of anilines is 1. The van der Waals surface area contributed by atoms with Crippen LogP contribution in [0.2, 0.25) is 0 Å². The number of hydrogen-bond donors (Lipinski definition) is 4. The molecule has 0 saturated carbocycles. The van der Waals surface area contributed by atoms with Gasteiger partial charge in [-0.15, -0.1) is 0 Å². The van der Waals surface area contributed by atoms with Crippen molar-refractivity contribution in [2.24, 2.45) is 0 Å². The van der Waals surface area contributed by atoms with Crippen molar-refractivity contribution in [1.29, 1.82) is 0 Å². The lowest BCUT2D eigenvalue weighted by Crippen LogP contribution is -2.35. The van der Waals surface area contributed by atoms with Crippen molar-refractivity contribution in [2.45, 2.75) is 38.6 Å². The van der Waals surface area contributed by atoms with Crippen LogP contribution in [0.15, 0.2) is 24.3 Å². The van der Waals surface area contributed by atoms with E-state index in [-0.39, 0.29) is 11.9 Å². The molecular formula is C17H28N4O3. The van der Waals surface area contributed by atoms with Crippen LogP contribution in [0.1, 0.15) is 37.7 Å². The average Bonchev–Trinajstić information content (AvgIpc) is 2.59. The molecule has 1 aromatic rings. The van der Waals surface area contributed by atoms with Crippen LogP contribution in [-0.4, -0.2) is 37.8 Å². The summed E-state index contributed by atoms with van der Waals surface area (Å²) < 4.78 is 0. The highest BCUT2D eigenvalue weighted by Crippen LogP contribution is 2.11. The summed E-state index contributed by atoms with van der Waals surface area (Å²) in [7, 11) is 3.98. The van der Waals surface area contributed by atoms with Crippen LogP contribution in [0, 0.1) is 0 Å². The van der Waals surface area contributed by atoms with Crippen LogP contribution in [0.4, 0.5) is 10.5 Å². The molecule has 7 heteroatoms. The summed E-state index contributed by atoms with van der Waals surface area (Å²) in [6.07, 6.45) is 3.77. The second-order valence-corrected chi connectivity index (χ2v) is 5.87. The average molecular weight is 336 g/mol. The van der Waals surface area contributed by atoms with E-state index >= 15 is 0 Å². The van der Waals surface area contributed by atoms with Crippen LogP contribution in [0.3, 0.4) is 0 Å².